The summed E-state index contributed by atoms with van der Waals surface area (Å²) in [5.74, 6) is 1.39. The Labute approximate surface area is 162 Å². The number of methoxy groups -OCH3 is 2. The average Bonchev–Trinajstić information content (AvgIpc) is 2.67. The maximum absolute atomic E-state index is 12.5. The third kappa shape index (κ3) is 5.22. The first-order valence-electron chi connectivity index (χ1n) is 8.78. The summed E-state index contributed by atoms with van der Waals surface area (Å²) in [5, 5.41) is 3.35. The number of ether oxygens (including phenoxy) is 2. The topological polar surface area (TPSA) is 67.9 Å². The molecule has 0 bridgehead atoms. The molecule has 0 saturated heterocycles. The summed E-state index contributed by atoms with van der Waals surface area (Å²) in [6.07, 6.45) is 0. The van der Waals surface area contributed by atoms with Gasteiger partial charge >= 0.3 is 0 Å². The highest BCUT2D eigenvalue weighted by Gasteiger charge is 2.22. The van der Waals surface area contributed by atoms with Gasteiger partial charge in [-0.2, -0.15) is 4.31 Å². The van der Waals surface area contributed by atoms with E-state index in [9.17, 15) is 8.42 Å². The normalized spacial score (nSPS) is 11.8. The SMILES string of the molecule is COc1ccc(CNCc2ccc(S(=O)(=O)N(C)C(C)C)cc2)cc1OC. The van der Waals surface area contributed by atoms with Gasteiger partial charge in [0.15, 0.2) is 11.5 Å². The molecule has 2 aromatic rings. The number of sulfonamides is 1. The predicted molar refractivity (Wildman–Crippen MR) is 107 cm³/mol. The van der Waals surface area contributed by atoms with Crippen LogP contribution >= 0.6 is 0 Å². The van der Waals surface area contributed by atoms with Gasteiger partial charge in [0, 0.05) is 26.2 Å². The lowest BCUT2D eigenvalue weighted by molar-refractivity contribution is 0.354. The molecule has 0 aliphatic heterocycles. The Morgan fingerprint density at radius 1 is 0.926 bits per heavy atom. The number of nitrogens with zero attached hydrogens (tertiary/aromatic N) is 1. The molecule has 0 aliphatic carbocycles. The van der Waals surface area contributed by atoms with Crippen LogP contribution in [0.1, 0.15) is 25.0 Å². The minimum absolute atomic E-state index is 0.0853. The van der Waals surface area contributed by atoms with Crippen LogP contribution < -0.4 is 14.8 Å². The summed E-state index contributed by atoms with van der Waals surface area (Å²) in [4.78, 5) is 0.308. The van der Waals surface area contributed by atoms with Gasteiger partial charge in [0.1, 0.15) is 0 Å². The fraction of sp³-hybridized carbons (Fsp3) is 0.400. The fourth-order valence-electron chi connectivity index (χ4n) is 2.56. The van der Waals surface area contributed by atoms with Crippen LogP contribution in [0.4, 0.5) is 0 Å². The van der Waals surface area contributed by atoms with Crippen molar-refractivity contribution in [1.82, 2.24) is 9.62 Å². The summed E-state index contributed by atoms with van der Waals surface area (Å²) in [7, 11) is 1.37. The lowest BCUT2D eigenvalue weighted by Crippen LogP contribution is -2.33. The smallest absolute Gasteiger partial charge is 0.243 e. The van der Waals surface area contributed by atoms with Crippen molar-refractivity contribution in [2.24, 2.45) is 0 Å². The maximum Gasteiger partial charge on any atom is 0.243 e. The molecule has 0 radical (unpaired) electrons. The number of nitrogens with one attached hydrogen (secondary N) is 1. The van der Waals surface area contributed by atoms with Gasteiger partial charge in [-0.15, -0.1) is 0 Å². The van der Waals surface area contributed by atoms with Gasteiger partial charge in [-0.25, -0.2) is 8.42 Å². The van der Waals surface area contributed by atoms with Gasteiger partial charge in [0.2, 0.25) is 10.0 Å². The zero-order valence-electron chi connectivity index (χ0n) is 16.5. The van der Waals surface area contributed by atoms with Crippen molar-refractivity contribution in [2.45, 2.75) is 37.9 Å². The van der Waals surface area contributed by atoms with Crippen LogP contribution in [0.3, 0.4) is 0 Å². The van der Waals surface area contributed by atoms with E-state index in [2.05, 4.69) is 5.32 Å². The van der Waals surface area contributed by atoms with Crippen LogP contribution in [0.2, 0.25) is 0 Å². The van der Waals surface area contributed by atoms with Crippen molar-refractivity contribution in [3.63, 3.8) is 0 Å². The quantitative estimate of drug-likeness (QED) is 0.710. The van der Waals surface area contributed by atoms with Gasteiger partial charge in [-0.3, -0.25) is 0 Å². The molecule has 0 aromatic heterocycles. The van der Waals surface area contributed by atoms with Crippen molar-refractivity contribution in [1.29, 1.82) is 0 Å². The first-order valence-corrected chi connectivity index (χ1v) is 10.2. The van der Waals surface area contributed by atoms with E-state index in [-0.39, 0.29) is 6.04 Å². The monoisotopic (exact) mass is 392 g/mol. The fourth-order valence-corrected chi connectivity index (χ4v) is 3.93. The van der Waals surface area contributed by atoms with E-state index in [1.54, 1.807) is 33.4 Å². The molecule has 0 heterocycles. The van der Waals surface area contributed by atoms with Crippen molar-refractivity contribution in [2.75, 3.05) is 21.3 Å². The van der Waals surface area contributed by atoms with E-state index in [0.29, 0.717) is 29.5 Å². The predicted octanol–water partition coefficient (Wildman–Crippen LogP) is 3.02. The highest BCUT2D eigenvalue weighted by molar-refractivity contribution is 7.89. The Balaban J connectivity index is 1.98. The molecule has 148 valence electrons. The number of rotatable bonds is 9. The highest BCUT2D eigenvalue weighted by atomic mass is 32.2. The van der Waals surface area contributed by atoms with E-state index in [4.69, 9.17) is 9.47 Å². The summed E-state index contributed by atoms with van der Waals surface area (Å²) in [6, 6.07) is 12.7. The third-order valence-electron chi connectivity index (χ3n) is 4.43. The van der Waals surface area contributed by atoms with Crippen LogP contribution in [0, 0.1) is 0 Å². The van der Waals surface area contributed by atoms with E-state index in [1.807, 2.05) is 44.2 Å². The third-order valence-corrected chi connectivity index (χ3v) is 6.48. The van der Waals surface area contributed by atoms with Crippen LogP contribution in [-0.2, 0) is 23.1 Å². The molecule has 0 aliphatic rings. The number of hydrogen-bond donors (Lipinski definition) is 1. The number of benzene rings is 2. The molecule has 0 spiro atoms. The molecular weight excluding hydrogens is 364 g/mol. The van der Waals surface area contributed by atoms with Gasteiger partial charge in [0.25, 0.3) is 0 Å². The molecule has 2 aromatic carbocycles. The summed E-state index contributed by atoms with van der Waals surface area (Å²) >= 11 is 0. The van der Waals surface area contributed by atoms with Gasteiger partial charge in [0.05, 0.1) is 19.1 Å². The molecule has 27 heavy (non-hydrogen) atoms. The first kappa shape index (κ1) is 21.2. The average molecular weight is 393 g/mol. The van der Waals surface area contributed by atoms with Crippen molar-refractivity contribution >= 4 is 10.0 Å². The zero-order chi connectivity index (χ0) is 20.0. The lowest BCUT2D eigenvalue weighted by Gasteiger charge is -2.21. The second kappa shape index (κ2) is 9.21. The van der Waals surface area contributed by atoms with Crippen LogP contribution in [-0.4, -0.2) is 40.0 Å². The molecule has 0 unspecified atom stereocenters. The molecule has 0 amide bonds. The van der Waals surface area contributed by atoms with Crippen LogP contribution in [0.25, 0.3) is 0 Å². The summed E-state index contributed by atoms with van der Waals surface area (Å²) < 4.78 is 36.9. The summed E-state index contributed by atoms with van der Waals surface area (Å²) in [6.45, 7) is 5.00. The standard InChI is InChI=1S/C20H28N2O4S/c1-15(2)22(3)27(23,24)18-9-6-16(7-10-18)13-21-14-17-8-11-19(25-4)20(12-17)26-5/h6-12,15,21H,13-14H2,1-5H3. The maximum atomic E-state index is 12.5. The largest absolute Gasteiger partial charge is 0.493 e. The molecule has 0 fully saturated rings. The van der Waals surface area contributed by atoms with Crippen molar-refractivity contribution in [3.05, 3.63) is 53.6 Å². The molecule has 6 nitrogen and oxygen atoms in total. The highest BCUT2D eigenvalue weighted by Crippen LogP contribution is 2.27. The van der Waals surface area contributed by atoms with E-state index in [0.717, 1.165) is 11.1 Å². The molecule has 0 atom stereocenters. The van der Waals surface area contributed by atoms with Crippen molar-refractivity contribution in [3.8, 4) is 11.5 Å². The Bertz CT molecular complexity index is 849. The minimum Gasteiger partial charge on any atom is -0.493 e. The Morgan fingerprint density at radius 2 is 1.48 bits per heavy atom. The van der Waals surface area contributed by atoms with E-state index in [1.165, 1.54) is 4.31 Å². The molecule has 1 N–H and O–H groups in total. The first-order chi connectivity index (χ1) is 12.8. The lowest BCUT2D eigenvalue weighted by atomic mass is 10.2. The van der Waals surface area contributed by atoms with E-state index >= 15 is 0 Å². The Hall–Kier alpha value is -2.09. The van der Waals surface area contributed by atoms with Crippen LogP contribution in [0.15, 0.2) is 47.4 Å². The zero-order valence-corrected chi connectivity index (χ0v) is 17.3. The van der Waals surface area contributed by atoms with E-state index < -0.39 is 10.0 Å². The molecule has 2 rings (SSSR count). The Kier molecular flexibility index (Phi) is 7.24. The second-order valence-electron chi connectivity index (χ2n) is 6.55. The van der Waals surface area contributed by atoms with Gasteiger partial charge in [-0.05, 0) is 49.2 Å². The van der Waals surface area contributed by atoms with Crippen molar-refractivity contribution < 1.29 is 17.9 Å². The van der Waals surface area contributed by atoms with Gasteiger partial charge in [-0.1, -0.05) is 18.2 Å². The van der Waals surface area contributed by atoms with Crippen LogP contribution in [0.5, 0.6) is 11.5 Å². The van der Waals surface area contributed by atoms with Gasteiger partial charge < -0.3 is 14.8 Å². The molecule has 0 saturated carbocycles. The Morgan fingerprint density at radius 3 is 2.04 bits per heavy atom. The molecule has 7 heteroatoms. The summed E-state index contributed by atoms with van der Waals surface area (Å²) in [5.41, 5.74) is 2.09. The minimum atomic E-state index is -3.45. The second-order valence-corrected chi connectivity index (χ2v) is 8.55. The number of hydrogen-bond acceptors (Lipinski definition) is 5. The molecular formula is C20H28N2O4S.